The van der Waals surface area contributed by atoms with Crippen LogP contribution in [-0.2, 0) is 0 Å². The van der Waals surface area contributed by atoms with E-state index in [0.29, 0.717) is 17.5 Å². The second-order valence-electron chi connectivity index (χ2n) is 4.30. The third kappa shape index (κ3) is 2.86. The van der Waals surface area contributed by atoms with Crippen LogP contribution in [0, 0.1) is 10.1 Å². The SMILES string of the molecule is O=[N+]([O-])c1ccc(Nc2n[nH]c(-c3ccccc3)n2)cc1. The molecule has 2 N–H and O–H groups in total. The van der Waals surface area contributed by atoms with Gasteiger partial charge in [0.15, 0.2) is 5.82 Å². The Bertz CT molecular complexity index is 753. The highest BCUT2D eigenvalue weighted by atomic mass is 16.6. The summed E-state index contributed by atoms with van der Waals surface area (Å²) in [5, 5.41) is 20.5. The van der Waals surface area contributed by atoms with Crippen LogP contribution in [0.1, 0.15) is 0 Å². The standard InChI is InChI=1S/C14H11N5O2/c20-19(21)12-8-6-11(7-9-12)15-14-16-13(17-18-14)10-4-2-1-3-5-10/h1-9H,(H2,15,16,17,18). The molecule has 0 aliphatic heterocycles. The maximum atomic E-state index is 10.6. The first kappa shape index (κ1) is 12.8. The fraction of sp³-hybridized carbons (Fsp3) is 0. The number of nitrogens with one attached hydrogen (secondary N) is 2. The van der Waals surface area contributed by atoms with E-state index >= 15 is 0 Å². The molecular formula is C14H11N5O2. The minimum absolute atomic E-state index is 0.0421. The van der Waals surface area contributed by atoms with Crippen LogP contribution in [-0.4, -0.2) is 20.1 Å². The highest BCUT2D eigenvalue weighted by Gasteiger charge is 2.07. The molecule has 0 unspecified atom stereocenters. The lowest BCUT2D eigenvalue weighted by atomic mass is 10.2. The third-order valence-electron chi connectivity index (χ3n) is 2.87. The molecule has 0 fully saturated rings. The summed E-state index contributed by atoms with van der Waals surface area (Å²) in [6.07, 6.45) is 0. The van der Waals surface area contributed by atoms with E-state index in [9.17, 15) is 10.1 Å². The number of nitro groups is 1. The Morgan fingerprint density at radius 3 is 2.43 bits per heavy atom. The molecule has 0 bridgehead atoms. The molecule has 1 aromatic heterocycles. The molecule has 3 aromatic rings. The first-order chi connectivity index (χ1) is 10.2. The lowest BCUT2D eigenvalue weighted by molar-refractivity contribution is -0.384. The Balaban J connectivity index is 1.77. The lowest BCUT2D eigenvalue weighted by Gasteiger charge is -2.00. The van der Waals surface area contributed by atoms with Gasteiger partial charge in [-0.3, -0.25) is 15.2 Å². The largest absolute Gasteiger partial charge is 0.323 e. The summed E-state index contributed by atoms with van der Waals surface area (Å²) in [5.74, 6) is 1.06. The zero-order chi connectivity index (χ0) is 14.7. The van der Waals surface area contributed by atoms with Crippen LogP contribution in [0.25, 0.3) is 11.4 Å². The number of hydrogen-bond acceptors (Lipinski definition) is 5. The van der Waals surface area contributed by atoms with Gasteiger partial charge < -0.3 is 5.32 Å². The summed E-state index contributed by atoms with van der Waals surface area (Å²) in [5.41, 5.74) is 1.65. The van der Waals surface area contributed by atoms with Gasteiger partial charge in [-0.15, -0.1) is 5.10 Å². The molecule has 7 heteroatoms. The van der Waals surface area contributed by atoms with Gasteiger partial charge in [-0.25, -0.2) is 0 Å². The number of hydrogen-bond donors (Lipinski definition) is 2. The Morgan fingerprint density at radius 1 is 1.05 bits per heavy atom. The lowest BCUT2D eigenvalue weighted by Crippen LogP contribution is -1.93. The molecule has 3 rings (SSSR count). The van der Waals surface area contributed by atoms with Crippen molar-refractivity contribution in [2.24, 2.45) is 0 Å². The molecule has 0 saturated heterocycles. The highest BCUT2D eigenvalue weighted by molar-refractivity contribution is 5.60. The molecule has 21 heavy (non-hydrogen) atoms. The predicted molar refractivity (Wildman–Crippen MR) is 78.2 cm³/mol. The summed E-state index contributed by atoms with van der Waals surface area (Å²) >= 11 is 0. The van der Waals surface area contributed by atoms with E-state index in [-0.39, 0.29) is 5.69 Å². The Hall–Kier alpha value is -3.22. The van der Waals surface area contributed by atoms with Crippen LogP contribution in [0.3, 0.4) is 0 Å². The summed E-state index contributed by atoms with van der Waals surface area (Å²) in [6, 6.07) is 15.7. The van der Waals surface area contributed by atoms with Crippen LogP contribution in [0.5, 0.6) is 0 Å². The number of benzene rings is 2. The second kappa shape index (κ2) is 5.41. The van der Waals surface area contributed by atoms with E-state index in [1.165, 1.54) is 12.1 Å². The zero-order valence-electron chi connectivity index (χ0n) is 10.9. The first-order valence-corrected chi connectivity index (χ1v) is 6.22. The number of aromatic nitrogens is 3. The van der Waals surface area contributed by atoms with Gasteiger partial charge in [0.1, 0.15) is 0 Å². The molecule has 0 saturated carbocycles. The minimum Gasteiger partial charge on any atom is -0.323 e. The summed E-state index contributed by atoms with van der Waals surface area (Å²) in [4.78, 5) is 14.5. The summed E-state index contributed by atoms with van der Waals surface area (Å²) in [7, 11) is 0. The Morgan fingerprint density at radius 2 is 1.76 bits per heavy atom. The van der Waals surface area contributed by atoms with Crippen molar-refractivity contribution in [2.45, 2.75) is 0 Å². The van der Waals surface area contributed by atoms with Crippen molar-refractivity contribution in [1.82, 2.24) is 15.2 Å². The maximum absolute atomic E-state index is 10.6. The van der Waals surface area contributed by atoms with E-state index in [1.54, 1.807) is 12.1 Å². The zero-order valence-corrected chi connectivity index (χ0v) is 10.9. The number of H-pyrrole nitrogens is 1. The predicted octanol–water partition coefficient (Wildman–Crippen LogP) is 3.12. The fourth-order valence-corrected chi connectivity index (χ4v) is 1.84. The van der Waals surface area contributed by atoms with Crippen molar-refractivity contribution in [2.75, 3.05) is 5.32 Å². The van der Waals surface area contributed by atoms with Crippen LogP contribution < -0.4 is 5.32 Å². The van der Waals surface area contributed by atoms with Gasteiger partial charge in [0.2, 0.25) is 5.95 Å². The topological polar surface area (TPSA) is 96.7 Å². The molecule has 0 spiro atoms. The van der Waals surface area contributed by atoms with Crippen molar-refractivity contribution in [3.8, 4) is 11.4 Å². The van der Waals surface area contributed by atoms with E-state index < -0.39 is 4.92 Å². The molecule has 0 aliphatic carbocycles. The van der Waals surface area contributed by atoms with Gasteiger partial charge in [-0.1, -0.05) is 30.3 Å². The maximum Gasteiger partial charge on any atom is 0.269 e. The quantitative estimate of drug-likeness (QED) is 0.565. The molecule has 2 aromatic carbocycles. The van der Waals surface area contributed by atoms with Crippen molar-refractivity contribution in [3.63, 3.8) is 0 Å². The Labute approximate surface area is 119 Å². The monoisotopic (exact) mass is 281 g/mol. The molecule has 0 aliphatic rings. The van der Waals surface area contributed by atoms with Crippen LogP contribution in [0.2, 0.25) is 0 Å². The van der Waals surface area contributed by atoms with Crippen molar-refractivity contribution < 1.29 is 4.92 Å². The van der Waals surface area contributed by atoms with Crippen molar-refractivity contribution in [3.05, 3.63) is 64.7 Å². The van der Waals surface area contributed by atoms with E-state index in [4.69, 9.17) is 0 Å². The molecule has 0 atom stereocenters. The van der Waals surface area contributed by atoms with Gasteiger partial charge in [-0.05, 0) is 12.1 Å². The fourth-order valence-electron chi connectivity index (χ4n) is 1.84. The smallest absolute Gasteiger partial charge is 0.269 e. The van der Waals surface area contributed by atoms with Crippen molar-refractivity contribution >= 4 is 17.3 Å². The minimum atomic E-state index is -0.440. The van der Waals surface area contributed by atoms with Gasteiger partial charge >= 0.3 is 0 Å². The second-order valence-corrected chi connectivity index (χ2v) is 4.30. The van der Waals surface area contributed by atoms with E-state index in [1.807, 2.05) is 30.3 Å². The molecule has 0 radical (unpaired) electrons. The Kier molecular flexibility index (Phi) is 3.30. The number of nitrogens with zero attached hydrogens (tertiary/aromatic N) is 3. The number of non-ortho nitro benzene ring substituents is 1. The number of nitro benzene ring substituents is 1. The van der Waals surface area contributed by atoms with Crippen molar-refractivity contribution in [1.29, 1.82) is 0 Å². The number of anilines is 2. The number of rotatable bonds is 4. The van der Waals surface area contributed by atoms with E-state index in [2.05, 4.69) is 20.5 Å². The average molecular weight is 281 g/mol. The van der Waals surface area contributed by atoms with Gasteiger partial charge in [-0.2, -0.15) is 4.98 Å². The molecule has 0 amide bonds. The summed E-state index contributed by atoms with van der Waals surface area (Å²) < 4.78 is 0. The highest BCUT2D eigenvalue weighted by Crippen LogP contribution is 2.20. The van der Waals surface area contributed by atoms with Crippen LogP contribution >= 0.6 is 0 Å². The van der Waals surface area contributed by atoms with E-state index in [0.717, 1.165) is 5.56 Å². The summed E-state index contributed by atoms with van der Waals surface area (Å²) in [6.45, 7) is 0. The normalized spacial score (nSPS) is 10.3. The van der Waals surface area contributed by atoms with Crippen LogP contribution in [0.15, 0.2) is 54.6 Å². The van der Waals surface area contributed by atoms with Crippen LogP contribution in [0.4, 0.5) is 17.3 Å². The molecule has 7 nitrogen and oxygen atoms in total. The molecular weight excluding hydrogens is 270 g/mol. The van der Waals surface area contributed by atoms with Gasteiger partial charge in [0.05, 0.1) is 4.92 Å². The third-order valence-corrected chi connectivity index (χ3v) is 2.87. The number of aromatic amines is 1. The van der Waals surface area contributed by atoms with Gasteiger partial charge in [0, 0.05) is 23.4 Å². The van der Waals surface area contributed by atoms with Gasteiger partial charge in [0.25, 0.3) is 5.69 Å². The molecule has 1 heterocycles. The first-order valence-electron chi connectivity index (χ1n) is 6.22. The average Bonchev–Trinajstić information content (AvgIpc) is 2.97. The molecule has 104 valence electrons.